The highest BCUT2D eigenvalue weighted by atomic mass is 16.7. The normalized spacial score (nSPS) is 53.0. The van der Waals surface area contributed by atoms with Crippen molar-refractivity contribution < 1.29 is 28.5 Å². The number of fused-ring (bicyclic) bond motifs is 7. The van der Waals surface area contributed by atoms with E-state index in [9.17, 15) is 9.59 Å². The Balaban J connectivity index is 1.59. The molecule has 6 heteroatoms. The van der Waals surface area contributed by atoms with E-state index in [1.54, 1.807) is 6.08 Å². The summed E-state index contributed by atoms with van der Waals surface area (Å²) in [7, 11) is 0. The molecule has 4 heterocycles. The molecule has 1 aliphatic carbocycles. The second-order valence-electron chi connectivity index (χ2n) is 6.56. The van der Waals surface area contributed by atoms with E-state index in [0.717, 1.165) is 0 Å². The molecule has 4 aliphatic heterocycles. The first kappa shape index (κ1) is 11.9. The van der Waals surface area contributed by atoms with E-state index in [0.29, 0.717) is 17.6 Å². The number of carbonyl (C=O) groups excluding carboxylic acids is 2. The van der Waals surface area contributed by atoms with Gasteiger partial charge in [-0.15, -0.1) is 0 Å². The van der Waals surface area contributed by atoms with Crippen LogP contribution in [0, 0.1) is 5.92 Å². The molecule has 7 atom stereocenters. The van der Waals surface area contributed by atoms with Crippen molar-refractivity contribution in [2.75, 3.05) is 0 Å². The molecule has 0 aromatic rings. The molecule has 2 bridgehead atoms. The summed E-state index contributed by atoms with van der Waals surface area (Å²) in [6, 6.07) is 0. The highest BCUT2D eigenvalue weighted by Crippen LogP contribution is 2.54. The van der Waals surface area contributed by atoms with Crippen molar-refractivity contribution in [1.29, 1.82) is 0 Å². The highest BCUT2D eigenvalue weighted by molar-refractivity contribution is 5.94. The fourth-order valence-electron chi connectivity index (χ4n) is 3.92. The molecular weight excluding hydrogens is 276 g/mol. The fourth-order valence-corrected chi connectivity index (χ4v) is 3.92. The van der Waals surface area contributed by atoms with Crippen LogP contribution < -0.4 is 0 Å². The molecule has 0 aromatic carbocycles. The summed E-state index contributed by atoms with van der Waals surface area (Å²) in [5.74, 6) is -1.12. The van der Waals surface area contributed by atoms with E-state index in [4.69, 9.17) is 18.9 Å². The van der Waals surface area contributed by atoms with Crippen LogP contribution in [0.2, 0.25) is 0 Å². The van der Waals surface area contributed by atoms with Crippen molar-refractivity contribution in [2.24, 2.45) is 5.92 Å². The third kappa shape index (κ3) is 1.44. The molecule has 5 aliphatic rings. The van der Waals surface area contributed by atoms with Crippen molar-refractivity contribution in [2.45, 2.75) is 49.5 Å². The van der Waals surface area contributed by atoms with Crippen molar-refractivity contribution in [3.8, 4) is 0 Å². The Morgan fingerprint density at radius 2 is 2.10 bits per heavy atom. The van der Waals surface area contributed by atoms with Crippen LogP contribution in [0.5, 0.6) is 0 Å². The van der Waals surface area contributed by atoms with Gasteiger partial charge in [-0.25, -0.2) is 9.59 Å². The van der Waals surface area contributed by atoms with Gasteiger partial charge in [-0.3, -0.25) is 0 Å². The molecule has 0 N–H and O–H groups in total. The molecule has 0 amide bonds. The summed E-state index contributed by atoms with van der Waals surface area (Å²) in [5.41, 5.74) is 0.536. The van der Waals surface area contributed by atoms with E-state index in [-0.39, 0.29) is 41.9 Å². The van der Waals surface area contributed by atoms with Gasteiger partial charge in [-0.2, -0.15) is 0 Å². The standard InChI is InChI=1S/C15H14O6/c1-5-9-7-3-6(14(17)18-7)10-11(20-10)12-15(2,21-12)4-8(9)19-13(5)16/h3,7-12H,1,4H2,2H3/t7-,8-,9-,10+,11+,12-,15-/m0/s1. The first-order valence-electron chi connectivity index (χ1n) is 7.14. The topological polar surface area (TPSA) is 77.7 Å². The predicted molar refractivity (Wildman–Crippen MR) is 67.0 cm³/mol. The van der Waals surface area contributed by atoms with Crippen LogP contribution in [-0.2, 0) is 28.5 Å². The number of rotatable bonds is 0. The second kappa shape index (κ2) is 3.39. The number of carbonyl (C=O) groups is 2. The Morgan fingerprint density at radius 3 is 2.90 bits per heavy atom. The van der Waals surface area contributed by atoms with E-state index in [2.05, 4.69) is 6.58 Å². The average molecular weight is 290 g/mol. The first-order valence-corrected chi connectivity index (χ1v) is 7.14. The van der Waals surface area contributed by atoms with Gasteiger partial charge in [-0.05, 0) is 13.0 Å². The minimum absolute atomic E-state index is 0.0541. The SMILES string of the molecule is C=C1C(=O)O[C@H]2C[C@]3(C)O[C@H]3[C@@H]3O[C@@H]3C3=C[C@H](OC3=O)[C@H]12. The Kier molecular flexibility index (Phi) is 1.93. The molecule has 0 spiro atoms. The van der Waals surface area contributed by atoms with Crippen LogP contribution >= 0.6 is 0 Å². The number of epoxide rings is 2. The van der Waals surface area contributed by atoms with Gasteiger partial charge in [0.15, 0.2) is 0 Å². The van der Waals surface area contributed by atoms with Gasteiger partial charge in [0.1, 0.15) is 30.5 Å². The quantitative estimate of drug-likeness (QED) is 0.362. The third-order valence-electron chi connectivity index (χ3n) is 5.18. The molecule has 6 nitrogen and oxygen atoms in total. The third-order valence-corrected chi connectivity index (χ3v) is 5.18. The summed E-state index contributed by atoms with van der Waals surface area (Å²) < 4.78 is 22.3. The molecule has 110 valence electrons. The fraction of sp³-hybridized carbons (Fsp3) is 0.600. The van der Waals surface area contributed by atoms with E-state index in [1.807, 2.05) is 6.92 Å². The summed E-state index contributed by atoms with van der Waals surface area (Å²) in [6.07, 6.45) is 1.08. The largest absolute Gasteiger partial charge is 0.458 e. The Morgan fingerprint density at radius 1 is 1.29 bits per heavy atom. The summed E-state index contributed by atoms with van der Waals surface area (Å²) in [5, 5.41) is 0. The van der Waals surface area contributed by atoms with Crippen LogP contribution in [0.4, 0.5) is 0 Å². The van der Waals surface area contributed by atoms with Gasteiger partial charge in [-0.1, -0.05) is 6.58 Å². The summed E-state index contributed by atoms with van der Waals surface area (Å²) in [6.45, 7) is 5.80. The minimum atomic E-state index is -0.500. The smallest absolute Gasteiger partial charge is 0.337 e. The van der Waals surface area contributed by atoms with Gasteiger partial charge < -0.3 is 18.9 Å². The van der Waals surface area contributed by atoms with Gasteiger partial charge in [0.25, 0.3) is 0 Å². The highest BCUT2D eigenvalue weighted by Gasteiger charge is 2.68. The van der Waals surface area contributed by atoms with Crippen LogP contribution in [0.3, 0.4) is 0 Å². The monoisotopic (exact) mass is 290 g/mol. The van der Waals surface area contributed by atoms with Crippen LogP contribution in [0.15, 0.2) is 23.8 Å². The number of ether oxygens (including phenoxy) is 4. The second-order valence-corrected chi connectivity index (χ2v) is 6.56. The molecule has 3 fully saturated rings. The number of esters is 2. The van der Waals surface area contributed by atoms with Gasteiger partial charge >= 0.3 is 11.9 Å². The van der Waals surface area contributed by atoms with E-state index < -0.39 is 12.1 Å². The van der Waals surface area contributed by atoms with Gasteiger partial charge in [0, 0.05) is 12.0 Å². The van der Waals surface area contributed by atoms with E-state index >= 15 is 0 Å². The Bertz CT molecular complexity index is 636. The van der Waals surface area contributed by atoms with Crippen molar-refractivity contribution in [3.05, 3.63) is 23.8 Å². The van der Waals surface area contributed by atoms with Gasteiger partial charge in [0.05, 0.1) is 17.1 Å². The van der Waals surface area contributed by atoms with E-state index in [1.165, 1.54) is 0 Å². The van der Waals surface area contributed by atoms with Crippen molar-refractivity contribution in [1.82, 2.24) is 0 Å². The summed E-state index contributed by atoms with van der Waals surface area (Å²) >= 11 is 0. The lowest BCUT2D eigenvalue weighted by Crippen LogP contribution is -2.33. The first-order chi connectivity index (χ1) is 9.98. The molecular formula is C15H14O6. The lowest BCUT2D eigenvalue weighted by atomic mass is 9.83. The molecule has 0 saturated carbocycles. The Hall–Kier alpha value is -1.66. The minimum Gasteiger partial charge on any atom is -0.458 e. The van der Waals surface area contributed by atoms with Crippen molar-refractivity contribution in [3.63, 3.8) is 0 Å². The Labute approximate surface area is 120 Å². The maximum atomic E-state index is 12.0. The average Bonchev–Trinajstić information content (AvgIpc) is 3.25. The lowest BCUT2D eigenvalue weighted by molar-refractivity contribution is -0.143. The zero-order chi connectivity index (χ0) is 14.5. The molecule has 0 radical (unpaired) electrons. The van der Waals surface area contributed by atoms with Crippen molar-refractivity contribution >= 4 is 11.9 Å². The van der Waals surface area contributed by atoms with Crippen LogP contribution in [0.25, 0.3) is 0 Å². The molecule has 21 heavy (non-hydrogen) atoms. The maximum absolute atomic E-state index is 12.0. The zero-order valence-electron chi connectivity index (χ0n) is 11.4. The molecule has 0 aromatic heterocycles. The predicted octanol–water partition coefficient (Wildman–Crippen LogP) is 0.265. The lowest BCUT2D eigenvalue weighted by Gasteiger charge is -2.23. The van der Waals surface area contributed by atoms with Crippen LogP contribution in [-0.4, -0.2) is 48.1 Å². The maximum Gasteiger partial charge on any atom is 0.337 e. The number of hydrogen-bond acceptors (Lipinski definition) is 6. The van der Waals surface area contributed by atoms with Crippen LogP contribution in [0.1, 0.15) is 13.3 Å². The number of hydrogen-bond donors (Lipinski definition) is 0. The summed E-state index contributed by atoms with van der Waals surface area (Å²) in [4.78, 5) is 23.9. The molecule has 3 saturated heterocycles. The molecule has 5 rings (SSSR count). The van der Waals surface area contributed by atoms with Gasteiger partial charge in [0.2, 0.25) is 0 Å². The molecule has 0 unspecified atom stereocenters. The zero-order valence-corrected chi connectivity index (χ0v) is 11.4.